The normalized spacial score (nSPS) is 13.9. The van der Waals surface area contributed by atoms with Crippen molar-refractivity contribution >= 4 is 46.3 Å². The highest BCUT2D eigenvalue weighted by atomic mass is 35.5. The molecule has 1 aromatic heterocycles. The molecule has 0 aliphatic carbocycles. The molecule has 1 saturated heterocycles. The van der Waals surface area contributed by atoms with E-state index in [4.69, 9.17) is 11.6 Å². The molecule has 2 N–H and O–H groups in total. The average Bonchev–Trinajstić information content (AvgIpc) is 3.18. The van der Waals surface area contributed by atoms with Crippen molar-refractivity contribution in [2.75, 3.05) is 23.7 Å². The van der Waals surface area contributed by atoms with Crippen molar-refractivity contribution < 1.29 is 9.59 Å². The number of nitrogens with one attached hydrogen (secondary N) is 2. The number of hydrogen-bond acceptors (Lipinski definition) is 3. The van der Waals surface area contributed by atoms with Gasteiger partial charge >= 0.3 is 6.03 Å². The first-order valence-electron chi connectivity index (χ1n) is 7.34. The maximum atomic E-state index is 12.1. The molecular weight excluding hydrogens is 334 g/mol. The van der Waals surface area contributed by atoms with Gasteiger partial charge < -0.3 is 15.5 Å². The lowest BCUT2D eigenvalue weighted by Crippen LogP contribution is -2.32. The van der Waals surface area contributed by atoms with Gasteiger partial charge in [-0.15, -0.1) is 11.3 Å². The summed E-state index contributed by atoms with van der Waals surface area (Å²) in [4.78, 5) is 26.5. The Labute approximate surface area is 143 Å². The monoisotopic (exact) mass is 349 g/mol. The lowest BCUT2D eigenvalue weighted by Gasteiger charge is -2.16. The van der Waals surface area contributed by atoms with Gasteiger partial charge in [0.1, 0.15) is 0 Å². The number of amides is 3. The molecule has 5 nitrogen and oxygen atoms in total. The van der Waals surface area contributed by atoms with Gasteiger partial charge in [0.2, 0.25) is 0 Å². The third-order valence-electron chi connectivity index (χ3n) is 3.56. The number of rotatable bonds is 3. The molecule has 23 heavy (non-hydrogen) atoms. The van der Waals surface area contributed by atoms with E-state index in [1.165, 1.54) is 11.3 Å². The summed E-state index contributed by atoms with van der Waals surface area (Å²) in [6.45, 7) is 1.59. The van der Waals surface area contributed by atoms with Crippen LogP contribution in [0.25, 0.3) is 0 Å². The fourth-order valence-corrected chi connectivity index (χ4v) is 3.36. The number of thiophene rings is 1. The van der Waals surface area contributed by atoms with Crippen LogP contribution in [0, 0.1) is 0 Å². The first-order valence-corrected chi connectivity index (χ1v) is 8.54. The van der Waals surface area contributed by atoms with Gasteiger partial charge in [-0.2, -0.15) is 0 Å². The standard InChI is InChI=1S/C16H16ClN3O2S/c17-14-7-6-13(23-14)15(21)18-11-4-3-5-12(10-11)19-16(22)20-8-1-2-9-20/h3-7,10H,1-2,8-9H2,(H,18,21)(H,19,22). The smallest absolute Gasteiger partial charge is 0.321 e. The van der Waals surface area contributed by atoms with Crippen molar-refractivity contribution in [2.24, 2.45) is 0 Å². The largest absolute Gasteiger partial charge is 0.325 e. The van der Waals surface area contributed by atoms with Crippen LogP contribution in [0.2, 0.25) is 4.34 Å². The van der Waals surface area contributed by atoms with Crippen LogP contribution in [-0.2, 0) is 0 Å². The summed E-state index contributed by atoms with van der Waals surface area (Å²) in [5, 5.41) is 5.66. The Morgan fingerprint density at radius 1 is 1.04 bits per heavy atom. The lowest BCUT2D eigenvalue weighted by molar-refractivity contribution is 0.103. The van der Waals surface area contributed by atoms with Gasteiger partial charge in [-0.1, -0.05) is 17.7 Å². The van der Waals surface area contributed by atoms with Gasteiger partial charge in [-0.05, 0) is 43.2 Å². The molecule has 2 heterocycles. The Kier molecular flexibility index (Phi) is 4.83. The minimum Gasteiger partial charge on any atom is -0.325 e. The summed E-state index contributed by atoms with van der Waals surface area (Å²) >= 11 is 7.06. The summed E-state index contributed by atoms with van der Waals surface area (Å²) in [6.07, 6.45) is 2.10. The summed E-state index contributed by atoms with van der Waals surface area (Å²) in [7, 11) is 0. The van der Waals surface area contributed by atoms with Crippen molar-refractivity contribution in [1.29, 1.82) is 0 Å². The number of anilines is 2. The second-order valence-electron chi connectivity index (χ2n) is 5.26. The van der Waals surface area contributed by atoms with Gasteiger partial charge in [-0.3, -0.25) is 4.79 Å². The van der Waals surface area contributed by atoms with Gasteiger partial charge in [0.25, 0.3) is 5.91 Å². The molecule has 0 radical (unpaired) electrons. The number of halogens is 1. The van der Waals surface area contributed by atoms with Crippen LogP contribution < -0.4 is 10.6 Å². The Morgan fingerprint density at radius 3 is 2.39 bits per heavy atom. The van der Waals surface area contributed by atoms with Crippen molar-refractivity contribution in [3.05, 3.63) is 45.6 Å². The first kappa shape index (κ1) is 15.8. The number of hydrogen-bond donors (Lipinski definition) is 2. The summed E-state index contributed by atoms with van der Waals surface area (Å²) < 4.78 is 0.571. The van der Waals surface area contributed by atoms with Crippen LogP contribution >= 0.6 is 22.9 Å². The topological polar surface area (TPSA) is 61.4 Å². The van der Waals surface area contributed by atoms with Crippen LogP contribution in [0.15, 0.2) is 36.4 Å². The maximum Gasteiger partial charge on any atom is 0.321 e. The molecule has 0 unspecified atom stereocenters. The minimum absolute atomic E-state index is 0.101. The predicted molar refractivity (Wildman–Crippen MR) is 93.5 cm³/mol. The van der Waals surface area contributed by atoms with Crippen molar-refractivity contribution in [1.82, 2.24) is 4.90 Å². The maximum absolute atomic E-state index is 12.1. The predicted octanol–water partition coefficient (Wildman–Crippen LogP) is 4.28. The number of carbonyl (C=O) groups is 2. The van der Waals surface area contributed by atoms with Crippen LogP contribution in [0.4, 0.5) is 16.2 Å². The summed E-state index contributed by atoms with van der Waals surface area (Å²) in [5.74, 6) is -0.218. The molecule has 2 aromatic rings. The molecule has 3 rings (SSSR count). The molecule has 3 amide bonds. The summed E-state index contributed by atoms with van der Waals surface area (Å²) in [6, 6.07) is 10.4. The van der Waals surface area contributed by atoms with Gasteiger partial charge in [0.15, 0.2) is 0 Å². The molecule has 1 aliphatic rings. The van der Waals surface area contributed by atoms with E-state index >= 15 is 0 Å². The van der Waals surface area contributed by atoms with E-state index in [1.807, 2.05) is 0 Å². The Bertz CT molecular complexity index is 726. The van der Waals surface area contributed by atoms with E-state index in [0.29, 0.717) is 20.6 Å². The molecule has 1 aliphatic heterocycles. The highest BCUT2D eigenvalue weighted by molar-refractivity contribution is 7.18. The van der Waals surface area contributed by atoms with Crippen LogP contribution in [0.1, 0.15) is 22.5 Å². The third-order valence-corrected chi connectivity index (χ3v) is 4.79. The minimum atomic E-state index is -0.218. The van der Waals surface area contributed by atoms with E-state index < -0.39 is 0 Å². The second kappa shape index (κ2) is 7.02. The third kappa shape index (κ3) is 4.03. The van der Waals surface area contributed by atoms with E-state index in [2.05, 4.69) is 10.6 Å². The van der Waals surface area contributed by atoms with Gasteiger partial charge in [-0.25, -0.2) is 4.79 Å². The molecule has 0 atom stereocenters. The first-order chi connectivity index (χ1) is 11.1. The van der Waals surface area contributed by atoms with Crippen LogP contribution in [-0.4, -0.2) is 29.9 Å². The zero-order valence-electron chi connectivity index (χ0n) is 12.3. The van der Waals surface area contributed by atoms with Crippen molar-refractivity contribution in [3.8, 4) is 0 Å². The van der Waals surface area contributed by atoms with Crippen LogP contribution in [0.5, 0.6) is 0 Å². The van der Waals surface area contributed by atoms with E-state index in [1.54, 1.807) is 41.3 Å². The molecule has 1 fully saturated rings. The number of carbonyl (C=O) groups excluding carboxylic acids is 2. The fraction of sp³-hybridized carbons (Fsp3) is 0.250. The zero-order chi connectivity index (χ0) is 16.2. The van der Waals surface area contributed by atoms with Crippen molar-refractivity contribution in [2.45, 2.75) is 12.8 Å². The van der Waals surface area contributed by atoms with E-state index in [9.17, 15) is 9.59 Å². The van der Waals surface area contributed by atoms with E-state index in [-0.39, 0.29) is 11.9 Å². The lowest BCUT2D eigenvalue weighted by atomic mass is 10.2. The highest BCUT2D eigenvalue weighted by Gasteiger charge is 2.17. The summed E-state index contributed by atoms with van der Waals surface area (Å²) in [5.41, 5.74) is 1.28. The molecule has 1 aromatic carbocycles. The Morgan fingerprint density at radius 2 is 1.74 bits per heavy atom. The number of benzene rings is 1. The zero-order valence-corrected chi connectivity index (χ0v) is 13.9. The second-order valence-corrected chi connectivity index (χ2v) is 6.98. The average molecular weight is 350 g/mol. The number of nitrogens with zero attached hydrogens (tertiary/aromatic N) is 1. The molecule has 0 spiro atoms. The van der Waals surface area contributed by atoms with Gasteiger partial charge in [0, 0.05) is 24.5 Å². The quantitative estimate of drug-likeness (QED) is 0.868. The Balaban J connectivity index is 1.65. The fourth-order valence-electron chi connectivity index (χ4n) is 2.43. The van der Waals surface area contributed by atoms with Crippen molar-refractivity contribution in [3.63, 3.8) is 0 Å². The number of urea groups is 1. The molecule has 7 heteroatoms. The molecule has 120 valence electrons. The molecule has 0 saturated carbocycles. The van der Waals surface area contributed by atoms with E-state index in [0.717, 1.165) is 25.9 Å². The van der Waals surface area contributed by atoms with Gasteiger partial charge in [0.05, 0.1) is 9.21 Å². The highest BCUT2D eigenvalue weighted by Crippen LogP contribution is 2.23. The molecule has 0 bridgehead atoms. The van der Waals surface area contributed by atoms with Crippen LogP contribution in [0.3, 0.4) is 0 Å². The number of likely N-dealkylation sites (tertiary alicyclic amines) is 1. The SMILES string of the molecule is O=C(Nc1cccc(NC(=O)N2CCCC2)c1)c1ccc(Cl)s1. The Hall–Kier alpha value is -2.05. The molecular formula is C16H16ClN3O2S.